The van der Waals surface area contributed by atoms with Gasteiger partial charge in [0.05, 0.1) is 0 Å². The normalized spacial score (nSPS) is 18.3. The van der Waals surface area contributed by atoms with Crippen LogP contribution < -0.4 is 15.3 Å². The summed E-state index contributed by atoms with van der Waals surface area (Å²) in [4.78, 5) is 2.43. The molecule has 1 spiro atoms. The summed E-state index contributed by atoms with van der Waals surface area (Å²) in [7, 11) is 0.719. The average molecular weight is 322 g/mol. The molecule has 2 heterocycles. The van der Waals surface area contributed by atoms with E-state index in [1.165, 1.54) is 48.3 Å². The molecule has 0 radical (unpaired) electrons. The molecule has 120 valence electrons. The van der Waals surface area contributed by atoms with Gasteiger partial charge in [0.15, 0.2) is 0 Å². The van der Waals surface area contributed by atoms with Crippen LogP contribution in [0.5, 0.6) is 0 Å². The summed E-state index contributed by atoms with van der Waals surface area (Å²) in [6.07, 6.45) is 4.03. The number of benzene rings is 2. The lowest BCUT2D eigenvalue weighted by molar-refractivity contribution is 0.647. The van der Waals surface area contributed by atoms with Crippen LogP contribution in [0.15, 0.2) is 42.5 Å². The van der Waals surface area contributed by atoms with E-state index >= 15 is 0 Å². The number of nitrogens with zero attached hydrogens (tertiary/aromatic N) is 1. The average Bonchev–Trinajstić information content (AvgIpc) is 3.03. The fourth-order valence-electron chi connectivity index (χ4n) is 4.82. The Morgan fingerprint density at radius 3 is 2.39 bits per heavy atom. The summed E-state index contributed by atoms with van der Waals surface area (Å²) in [5.41, 5.74) is 4.47. The van der Waals surface area contributed by atoms with Crippen molar-refractivity contribution in [2.45, 2.75) is 45.2 Å². The highest BCUT2D eigenvalue weighted by Gasteiger charge is 2.46. The van der Waals surface area contributed by atoms with Crippen LogP contribution in [0.25, 0.3) is 0 Å². The van der Waals surface area contributed by atoms with Crippen LogP contribution in [0.2, 0.25) is 12.1 Å². The molecule has 0 saturated carbocycles. The standard InChI is InChI=1S/C21H27NSi/c1-16(2)14-17-10-11-19-21(15-17)23(12-6-7-13-23)20-9-5-4-8-18(20)22(19)3/h4-5,8-11,15-16H,6-7,12-14H2,1-3H3. The zero-order valence-electron chi connectivity index (χ0n) is 14.6. The van der Waals surface area contributed by atoms with Gasteiger partial charge in [0.2, 0.25) is 0 Å². The van der Waals surface area contributed by atoms with Crippen molar-refractivity contribution in [3.8, 4) is 0 Å². The Morgan fingerprint density at radius 2 is 1.65 bits per heavy atom. The van der Waals surface area contributed by atoms with E-state index in [4.69, 9.17) is 0 Å². The summed E-state index contributed by atoms with van der Waals surface area (Å²) < 4.78 is 0. The van der Waals surface area contributed by atoms with Gasteiger partial charge in [-0.05, 0) is 52.5 Å². The molecule has 2 aromatic rings. The van der Waals surface area contributed by atoms with Crippen molar-refractivity contribution >= 4 is 29.8 Å². The highest BCUT2D eigenvalue weighted by atomic mass is 28.3. The van der Waals surface area contributed by atoms with Gasteiger partial charge in [-0.2, -0.15) is 0 Å². The lowest BCUT2D eigenvalue weighted by atomic mass is 10.0. The molecule has 0 atom stereocenters. The Bertz CT molecular complexity index is 728. The molecule has 4 rings (SSSR count). The summed E-state index contributed by atoms with van der Waals surface area (Å²) in [5.74, 6) is 0.725. The number of anilines is 2. The van der Waals surface area contributed by atoms with Crippen molar-refractivity contribution in [2.75, 3.05) is 11.9 Å². The van der Waals surface area contributed by atoms with Crippen LogP contribution in [0.1, 0.15) is 32.3 Å². The second-order valence-electron chi connectivity index (χ2n) is 7.81. The van der Waals surface area contributed by atoms with Crippen LogP contribution in [-0.4, -0.2) is 15.1 Å². The van der Waals surface area contributed by atoms with Crippen molar-refractivity contribution in [1.82, 2.24) is 0 Å². The topological polar surface area (TPSA) is 3.24 Å². The quantitative estimate of drug-likeness (QED) is 0.745. The predicted octanol–water partition coefficient (Wildman–Crippen LogP) is 4.32. The van der Waals surface area contributed by atoms with Gasteiger partial charge in [-0.1, -0.05) is 57.0 Å². The Kier molecular flexibility index (Phi) is 3.60. The van der Waals surface area contributed by atoms with Crippen LogP contribution in [-0.2, 0) is 6.42 Å². The van der Waals surface area contributed by atoms with E-state index in [0.717, 1.165) is 5.92 Å². The molecule has 2 aliphatic rings. The molecule has 2 aromatic carbocycles. The van der Waals surface area contributed by atoms with Crippen LogP contribution in [0.4, 0.5) is 11.4 Å². The molecular formula is C21H27NSi. The Labute approximate surface area is 141 Å². The number of para-hydroxylation sites is 1. The number of fused-ring (bicyclic) bond motifs is 4. The molecule has 0 bridgehead atoms. The van der Waals surface area contributed by atoms with Gasteiger partial charge in [-0.3, -0.25) is 0 Å². The maximum atomic E-state index is 2.58. The first-order valence-corrected chi connectivity index (χ1v) is 11.5. The third-order valence-corrected chi connectivity index (χ3v) is 11.1. The molecule has 1 saturated heterocycles. The van der Waals surface area contributed by atoms with Gasteiger partial charge in [-0.15, -0.1) is 0 Å². The molecule has 0 unspecified atom stereocenters. The molecule has 23 heavy (non-hydrogen) atoms. The van der Waals surface area contributed by atoms with Gasteiger partial charge in [-0.25, -0.2) is 0 Å². The fourth-order valence-corrected chi connectivity index (χ4v) is 10.5. The molecule has 0 amide bonds. The van der Waals surface area contributed by atoms with Crippen molar-refractivity contribution in [3.63, 3.8) is 0 Å². The maximum Gasteiger partial charge on any atom is 0.123 e. The minimum absolute atomic E-state index is 0.725. The Morgan fingerprint density at radius 1 is 0.957 bits per heavy atom. The van der Waals surface area contributed by atoms with E-state index in [-0.39, 0.29) is 0 Å². The van der Waals surface area contributed by atoms with Crippen LogP contribution in [0.3, 0.4) is 0 Å². The SMILES string of the molecule is CC(C)Cc1ccc2c(c1)[Si]1(CCCC1)c1ccccc1N2C. The Balaban J connectivity index is 1.92. The molecule has 0 aliphatic carbocycles. The first kappa shape index (κ1) is 15.0. The smallest absolute Gasteiger partial charge is 0.123 e. The molecule has 1 nitrogen and oxygen atoms in total. The summed E-state index contributed by atoms with van der Waals surface area (Å²) in [6.45, 7) is 4.65. The second kappa shape index (κ2) is 5.52. The Hall–Kier alpha value is -1.54. The number of rotatable bonds is 2. The van der Waals surface area contributed by atoms with E-state index in [9.17, 15) is 0 Å². The molecular weight excluding hydrogens is 294 g/mol. The van der Waals surface area contributed by atoms with E-state index < -0.39 is 8.07 Å². The van der Waals surface area contributed by atoms with Gasteiger partial charge < -0.3 is 4.90 Å². The first-order valence-electron chi connectivity index (χ1n) is 9.08. The van der Waals surface area contributed by atoms with Gasteiger partial charge in [0.1, 0.15) is 8.07 Å². The summed E-state index contributed by atoms with van der Waals surface area (Å²) >= 11 is 0. The number of hydrogen-bond donors (Lipinski definition) is 0. The molecule has 2 aliphatic heterocycles. The fraction of sp³-hybridized carbons (Fsp3) is 0.429. The van der Waals surface area contributed by atoms with Gasteiger partial charge in [0.25, 0.3) is 0 Å². The van der Waals surface area contributed by atoms with Gasteiger partial charge in [0, 0.05) is 18.4 Å². The van der Waals surface area contributed by atoms with Crippen molar-refractivity contribution in [3.05, 3.63) is 48.0 Å². The van der Waals surface area contributed by atoms with Gasteiger partial charge >= 0.3 is 0 Å². The summed E-state index contributed by atoms with van der Waals surface area (Å²) in [6, 6.07) is 19.4. The molecule has 1 fully saturated rings. The van der Waals surface area contributed by atoms with Crippen molar-refractivity contribution < 1.29 is 0 Å². The van der Waals surface area contributed by atoms with Crippen molar-refractivity contribution in [2.24, 2.45) is 5.92 Å². The van der Waals surface area contributed by atoms with E-state index in [1.54, 1.807) is 10.4 Å². The minimum atomic E-state index is -1.53. The second-order valence-corrected chi connectivity index (χ2v) is 12.1. The molecule has 2 heteroatoms. The zero-order chi connectivity index (χ0) is 16.0. The third-order valence-electron chi connectivity index (χ3n) is 5.82. The lowest BCUT2D eigenvalue weighted by Crippen LogP contribution is -2.61. The summed E-state index contributed by atoms with van der Waals surface area (Å²) in [5, 5.41) is 3.41. The maximum absolute atomic E-state index is 2.58. The third kappa shape index (κ3) is 2.27. The van der Waals surface area contributed by atoms with E-state index in [0.29, 0.717) is 0 Å². The van der Waals surface area contributed by atoms with E-state index in [2.05, 4.69) is 68.3 Å². The van der Waals surface area contributed by atoms with Crippen molar-refractivity contribution in [1.29, 1.82) is 0 Å². The highest BCUT2D eigenvalue weighted by Crippen LogP contribution is 2.39. The zero-order valence-corrected chi connectivity index (χ0v) is 15.6. The molecule has 0 N–H and O–H groups in total. The monoisotopic (exact) mass is 321 g/mol. The predicted molar refractivity (Wildman–Crippen MR) is 103 cm³/mol. The first-order chi connectivity index (χ1) is 11.1. The number of hydrogen-bond acceptors (Lipinski definition) is 1. The van der Waals surface area contributed by atoms with Crippen LogP contribution in [0, 0.1) is 5.92 Å². The minimum Gasteiger partial charge on any atom is -0.345 e. The highest BCUT2D eigenvalue weighted by molar-refractivity contribution is 7.04. The van der Waals surface area contributed by atoms with E-state index in [1.807, 2.05) is 0 Å². The lowest BCUT2D eigenvalue weighted by Gasteiger charge is -2.41. The molecule has 0 aromatic heterocycles. The van der Waals surface area contributed by atoms with Crippen LogP contribution >= 0.6 is 0 Å². The largest absolute Gasteiger partial charge is 0.345 e.